The smallest absolute Gasteiger partial charge is 0.223 e. The van der Waals surface area contributed by atoms with Crippen molar-refractivity contribution in [2.75, 3.05) is 39.3 Å². The van der Waals surface area contributed by atoms with Gasteiger partial charge in [-0.3, -0.25) is 4.79 Å². The van der Waals surface area contributed by atoms with Crippen LogP contribution >= 0.6 is 0 Å². The minimum absolute atomic E-state index is 0.281. The van der Waals surface area contributed by atoms with Crippen LogP contribution in [0.4, 0.5) is 0 Å². The van der Waals surface area contributed by atoms with E-state index >= 15 is 0 Å². The Labute approximate surface area is 98.8 Å². The lowest BCUT2D eigenvalue weighted by atomic mass is 10.1. The maximum Gasteiger partial charge on any atom is 0.223 e. The van der Waals surface area contributed by atoms with E-state index in [2.05, 4.69) is 18.7 Å². The first-order chi connectivity index (χ1) is 7.71. The first kappa shape index (κ1) is 13.5. The van der Waals surface area contributed by atoms with E-state index in [9.17, 15) is 4.79 Å². The summed E-state index contributed by atoms with van der Waals surface area (Å²) < 4.78 is 0. The molecular weight excluding hydrogens is 202 g/mol. The van der Waals surface area contributed by atoms with Gasteiger partial charge in [-0.25, -0.2) is 0 Å². The standard InChI is InChI=1S/C12H25N3O/c1-3-5-14(4-2)6-7-15-10-11(9-13)8-12(15)16/h11H,3-10,13H2,1-2H3. The third kappa shape index (κ3) is 3.76. The van der Waals surface area contributed by atoms with Crippen molar-refractivity contribution in [2.24, 2.45) is 11.7 Å². The van der Waals surface area contributed by atoms with Crippen LogP contribution in [-0.4, -0.2) is 55.0 Å². The van der Waals surface area contributed by atoms with Gasteiger partial charge in [0.15, 0.2) is 0 Å². The molecule has 1 fully saturated rings. The number of carbonyl (C=O) groups is 1. The maximum atomic E-state index is 11.7. The number of amides is 1. The van der Waals surface area contributed by atoms with Gasteiger partial charge < -0.3 is 15.5 Å². The number of rotatable bonds is 7. The Bertz CT molecular complexity index is 220. The Morgan fingerprint density at radius 3 is 2.69 bits per heavy atom. The number of nitrogens with zero attached hydrogens (tertiary/aromatic N) is 2. The van der Waals surface area contributed by atoms with Gasteiger partial charge in [0.1, 0.15) is 0 Å². The van der Waals surface area contributed by atoms with Crippen LogP contribution in [0.25, 0.3) is 0 Å². The van der Waals surface area contributed by atoms with Gasteiger partial charge in [0.2, 0.25) is 5.91 Å². The summed E-state index contributed by atoms with van der Waals surface area (Å²) in [6.07, 6.45) is 1.82. The molecule has 0 aliphatic carbocycles. The van der Waals surface area contributed by atoms with Crippen molar-refractivity contribution in [1.82, 2.24) is 9.80 Å². The molecule has 0 aromatic carbocycles. The van der Waals surface area contributed by atoms with Gasteiger partial charge >= 0.3 is 0 Å². The van der Waals surface area contributed by atoms with Gasteiger partial charge in [-0.2, -0.15) is 0 Å². The van der Waals surface area contributed by atoms with Crippen LogP contribution in [0.1, 0.15) is 26.7 Å². The number of likely N-dealkylation sites (tertiary alicyclic amines) is 1. The molecule has 0 aromatic heterocycles. The zero-order valence-electron chi connectivity index (χ0n) is 10.6. The monoisotopic (exact) mass is 227 g/mol. The second-order valence-corrected chi connectivity index (χ2v) is 4.58. The minimum atomic E-state index is 0.281. The molecule has 1 amide bonds. The molecular formula is C12H25N3O. The molecule has 0 radical (unpaired) electrons. The molecule has 0 bridgehead atoms. The van der Waals surface area contributed by atoms with Crippen LogP contribution in [-0.2, 0) is 4.79 Å². The number of hydrogen-bond donors (Lipinski definition) is 1. The molecule has 0 aromatic rings. The summed E-state index contributed by atoms with van der Waals surface area (Å²) in [7, 11) is 0. The van der Waals surface area contributed by atoms with Gasteiger partial charge in [0.05, 0.1) is 0 Å². The van der Waals surface area contributed by atoms with E-state index in [1.54, 1.807) is 0 Å². The fourth-order valence-electron chi connectivity index (χ4n) is 2.23. The van der Waals surface area contributed by atoms with E-state index in [1.165, 1.54) is 6.42 Å². The predicted octanol–water partition coefficient (Wildman–Crippen LogP) is 0.526. The van der Waals surface area contributed by atoms with E-state index in [0.29, 0.717) is 18.9 Å². The lowest BCUT2D eigenvalue weighted by Crippen LogP contribution is -2.36. The van der Waals surface area contributed by atoms with Gasteiger partial charge in [-0.05, 0) is 32.0 Å². The van der Waals surface area contributed by atoms with Crippen molar-refractivity contribution in [2.45, 2.75) is 26.7 Å². The van der Waals surface area contributed by atoms with Gasteiger partial charge in [0, 0.05) is 26.1 Å². The molecule has 1 aliphatic rings. The molecule has 1 heterocycles. The van der Waals surface area contributed by atoms with Crippen molar-refractivity contribution in [1.29, 1.82) is 0 Å². The highest BCUT2D eigenvalue weighted by Gasteiger charge is 2.28. The molecule has 4 heteroatoms. The van der Waals surface area contributed by atoms with Crippen LogP contribution in [0.2, 0.25) is 0 Å². The largest absolute Gasteiger partial charge is 0.341 e. The maximum absolute atomic E-state index is 11.7. The molecule has 1 rings (SSSR count). The summed E-state index contributed by atoms with van der Waals surface area (Å²) in [4.78, 5) is 16.0. The highest BCUT2D eigenvalue weighted by atomic mass is 16.2. The SMILES string of the molecule is CCCN(CC)CCN1CC(CN)CC1=O. The summed E-state index contributed by atoms with van der Waals surface area (Å²) >= 11 is 0. The number of hydrogen-bond acceptors (Lipinski definition) is 3. The number of nitrogens with two attached hydrogens (primary N) is 1. The van der Waals surface area contributed by atoms with Crippen molar-refractivity contribution in [3.05, 3.63) is 0 Å². The first-order valence-electron chi connectivity index (χ1n) is 6.41. The third-order valence-corrected chi connectivity index (χ3v) is 3.30. The van der Waals surface area contributed by atoms with Crippen LogP contribution in [0, 0.1) is 5.92 Å². The Morgan fingerprint density at radius 2 is 2.19 bits per heavy atom. The van der Waals surface area contributed by atoms with E-state index in [4.69, 9.17) is 5.73 Å². The summed E-state index contributed by atoms with van der Waals surface area (Å²) in [5.41, 5.74) is 5.60. The lowest BCUT2D eigenvalue weighted by molar-refractivity contribution is -0.127. The minimum Gasteiger partial charge on any atom is -0.341 e. The van der Waals surface area contributed by atoms with E-state index in [0.717, 1.165) is 32.7 Å². The third-order valence-electron chi connectivity index (χ3n) is 3.30. The Kier molecular flexibility index (Phi) is 5.77. The van der Waals surface area contributed by atoms with E-state index in [1.807, 2.05) is 4.90 Å². The molecule has 1 unspecified atom stereocenters. The highest BCUT2D eigenvalue weighted by molar-refractivity contribution is 5.78. The fourth-order valence-corrected chi connectivity index (χ4v) is 2.23. The van der Waals surface area contributed by atoms with Crippen molar-refractivity contribution < 1.29 is 4.79 Å². The second kappa shape index (κ2) is 6.86. The summed E-state index contributed by atoms with van der Waals surface area (Å²) in [6, 6.07) is 0. The molecule has 16 heavy (non-hydrogen) atoms. The first-order valence-corrected chi connectivity index (χ1v) is 6.41. The molecule has 2 N–H and O–H groups in total. The van der Waals surface area contributed by atoms with Crippen LogP contribution < -0.4 is 5.73 Å². The van der Waals surface area contributed by atoms with Crippen LogP contribution in [0.15, 0.2) is 0 Å². The lowest BCUT2D eigenvalue weighted by Gasteiger charge is -2.23. The van der Waals surface area contributed by atoms with Crippen LogP contribution in [0.5, 0.6) is 0 Å². The van der Waals surface area contributed by atoms with Crippen molar-refractivity contribution >= 4 is 5.91 Å². The van der Waals surface area contributed by atoms with E-state index in [-0.39, 0.29) is 5.91 Å². The van der Waals surface area contributed by atoms with E-state index < -0.39 is 0 Å². The average Bonchev–Trinajstić information content (AvgIpc) is 2.65. The van der Waals surface area contributed by atoms with Gasteiger partial charge in [-0.15, -0.1) is 0 Å². The Balaban J connectivity index is 2.29. The molecule has 4 nitrogen and oxygen atoms in total. The fraction of sp³-hybridized carbons (Fsp3) is 0.917. The molecule has 1 atom stereocenters. The van der Waals surface area contributed by atoms with Crippen molar-refractivity contribution in [3.8, 4) is 0 Å². The zero-order chi connectivity index (χ0) is 12.0. The molecule has 0 saturated carbocycles. The van der Waals surface area contributed by atoms with Crippen LogP contribution in [0.3, 0.4) is 0 Å². The quantitative estimate of drug-likeness (QED) is 0.690. The highest BCUT2D eigenvalue weighted by Crippen LogP contribution is 2.15. The number of carbonyl (C=O) groups excluding carboxylic acids is 1. The number of likely N-dealkylation sites (N-methyl/N-ethyl adjacent to an activating group) is 1. The molecule has 94 valence electrons. The molecule has 0 spiro atoms. The Morgan fingerprint density at radius 1 is 1.44 bits per heavy atom. The van der Waals surface area contributed by atoms with Crippen molar-refractivity contribution in [3.63, 3.8) is 0 Å². The zero-order valence-corrected chi connectivity index (χ0v) is 10.6. The predicted molar refractivity (Wildman–Crippen MR) is 66.1 cm³/mol. The summed E-state index contributed by atoms with van der Waals surface area (Å²) in [5.74, 6) is 0.664. The Hall–Kier alpha value is -0.610. The topological polar surface area (TPSA) is 49.6 Å². The normalized spacial score (nSPS) is 21.1. The molecule has 1 aliphatic heterocycles. The molecule has 1 saturated heterocycles. The second-order valence-electron chi connectivity index (χ2n) is 4.58. The summed E-state index contributed by atoms with van der Waals surface area (Å²) in [5, 5.41) is 0. The van der Waals surface area contributed by atoms with Gasteiger partial charge in [-0.1, -0.05) is 13.8 Å². The summed E-state index contributed by atoms with van der Waals surface area (Å²) in [6.45, 7) is 9.90. The average molecular weight is 227 g/mol. The van der Waals surface area contributed by atoms with Gasteiger partial charge in [0.25, 0.3) is 0 Å².